The molecule has 0 heterocycles. The summed E-state index contributed by atoms with van der Waals surface area (Å²) in [7, 11) is 0. The van der Waals surface area contributed by atoms with E-state index in [1.807, 2.05) is 43.3 Å². The normalized spacial score (nSPS) is 13.5. The lowest BCUT2D eigenvalue weighted by Crippen LogP contribution is -2.54. The smallest absolute Gasteiger partial charge is 0.408 e. The molecular formula is C36H51N3O6. The molecule has 0 bridgehead atoms. The molecule has 0 aromatic heterocycles. The third-order valence-electron chi connectivity index (χ3n) is 6.70. The van der Waals surface area contributed by atoms with Crippen LogP contribution in [0, 0.1) is 0 Å². The van der Waals surface area contributed by atoms with Crippen molar-refractivity contribution in [2.24, 2.45) is 0 Å². The van der Waals surface area contributed by atoms with Crippen LogP contribution in [0.5, 0.6) is 0 Å². The van der Waals surface area contributed by atoms with Crippen LogP contribution in [0.4, 0.5) is 4.79 Å². The molecule has 2 aromatic carbocycles. The van der Waals surface area contributed by atoms with Crippen LogP contribution in [0.3, 0.4) is 0 Å². The lowest BCUT2D eigenvalue weighted by atomic mass is 9.98. The number of nitrogens with one attached hydrogen (secondary N) is 2. The van der Waals surface area contributed by atoms with Crippen molar-refractivity contribution in [3.05, 3.63) is 77.9 Å². The number of benzene rings is 2. The highest BCUT2D eigenvalue weighted by atomic mass is 16.6. The molecule has 2 rings (SSSR count). The molecule has 9 nitrogen and oxygen atoms in total. The maximum atomic E-state index is 14.4. The molecule has 0 saturated heterocycles. The second-order valence-electron chi connectivity index (χ2n) is 13.2. The van der Waals surface area contributed by atoms with Crippen LogP contribution < -0.4 is 10.6 Å². The zero-order chi connectivity index (χ0) is 33.8. The van der Waals surface area contributed by atoms with E-state index in [1.54, 1.807) is 72.7 Å². The predicted octanol–water partition coefficient (Wildman–Crippen LogP) is 6.37. The summed E-state index contributed by atoms with van der Waals surface area (Å²) in [6, 6.07) is 13.4. The summed E-state index contributed by atoms with van der Waals surface area (Å²) in [5.41, 5.74) is 0.613. The Morgan fingerprint density at radius 1 is 0.889 bits per heavy atom. The summed E-state index contributed by atoms with van der Waals surface area (Å²) in [6.45, 7) is 18.2. The van der Waals surface area contributed by atoms with Crippen molar-refractivity contribution >= 4 is 30.0 Å². The summed E-state index contributed by atoms with van der Waals surface area (Å²) in [5, 5.41) is 5.53. The average molecular weight is 622 g/mol. The topological polar surface area (TPSA) is 114 Å². The third kappa shape index (κ3) is 12.8. The lowest BCUT2D eigenvalue weighted by Gasteiger charge is -2.35. The quantitative estimate of drug-likeness (QED) is 0.187. The second kappa shape index (κ2) is 16.8. The Hall–Kier alpha value is -4.14. The van der Waals surface area contributed by atoms with Crippen molar-refractivity contribution in [1.29, 1.82) is 0 Å². The summed E-state index contributed by atoms with van der Waals surface area (Å²) < 4.78 is 11.1. The molecule has 3 unspecified atom stereocenters. The minimum atomic E-state index is -1.11. The van der Waals surface area contributed by atoms with Gasteiger partial charge in [0.1, 0.15) is 29.3 Å². The van der Waals surface area contributed by atoms with Gasteiger partial charge < -0.3 is 25.0 Å². The minimum Gasteiger partial charge on any atom is -0.458 e. The molecule has 246 valence electrons. The van der Waals surface area contributed by atoms with E-state index in [-0.39, 0.29) is 13.0 Å². The number of unbranched alkanes of at least 4 members (excludes halogenated alkanes) is 2. The van der Waals surface area contributed by atoms with Crippen molar-refractivity contribution in [1.82, 2.24) is 15.5 Å². The summed E-state index contributed by atoms with van der Waals surface area (Å²) in [4.78, 5) is 55.9. The molecule has 45 heavy (non-hydrogen) atoms. The Morgan fingerprint density at radius 2 is 1.53 bits per heavy atom. The summed E-state index contributed by atoms with van der Waals surface area (Å²) in [6.07, 6.45) is 3.47. The fraction of sp³-hybridized carbons (Fsp3) is 0.500. The van der Waals surface area contributed by atoms with Crippen LogP contribution in [0.15, 0.2) is 61.2 Å². The SMILES string of the molecule is C=Cc1cccc(C(C(=O)NC(Cc2ccccc2)C(=O)OC(C)(C)C)N(CCCCC)C(=O)C(C)NC(=O)OC(C)(C)C)c1. The number of ether oxygens (including phenoxy) is 2. The highest BCUT2D eigenvalue weighted by molar-refractivity contribution is 5.94. The number of alkyl carbamates (subject to hydrolysis) is 1. The maximum absolute atomic E-state index is 14.4. The highest BCUT2D eigenvalue weighted by Gasteiger charge is 2.37. The van der Waals surface area contributed by atoms with Crippen molar-refractivity contribution in [2.45, 2.75) is 110 Å². The largest absolute Gasteiger partial charge is 0.458 e. The van der Waals surface area contributed by atoms with Gasteiger partial charge in [-0.1, -0.05) is 81.0 Å². The molecule has 3 atom stereocenters. The van der Waals surface area contributed by atoms with Crippen LogP contribution in [0.25, 0.3) is 6.08 Å². The first kappa shape index (κ1) is 37.0. The Bertz CT molecular complexity index is 1300. The van der Waals surface area contributed by atoms with Crippen LogP contribution in [0.1, 0.15) is 97.4 Å². The molecule has 3 amide bonds. The van der Waals surface area contributed by atoms with Crippen LogP contribution in [-0.2, 0) is 30.3 Å². The van der Waals surface area contributed by atoms with E-state index >= 15 is 0 Å². The number of nitrogens with zero attached hydrogens (tertiary/aromatic N) is 1. The van der Waals surface area contributed by atoms with E-state index in [0.717, 1.165) is 24.0 Å². The van der Waals surface area contributed by atoms with Crippen LogP contribution in [-0.4, -0.2) is 58.6 Å². The first-order valence-corrected chi connectivity index (χ1v) is 15.6. The van der Waals surface area contributed by atoms with Gasteiger partial charge in [0.05, 0.1) is 0 Å². The molecule has 0 fully saturated rings. The van der Waals surface area contributed by atoms with E-state index in [9.17, 15) is 19.2 Å². The number of esters is 1. The van der Waals surface area contributed by atoms with Gasteiger partial charge in [-0.25, -0.2) is 9.59 Å². The van der Waals surface area contributed by atoms with Gasteiger partial charge in [0.2, 0.25) is 11.8 Å². The molecule has 2 aromatic rings. The summed E-state index contributed by atoms with van der Waals surface area (Å²) in [5.74, 6) is -1.59. The minimum absolute atomic E-state index is 0.196. The fourth-order valence-electron chi connectivity index (χ4n) is 4.69. The van der Waals surface area contributed by atoms with Crippen LogP contribution in [0.2, 0.25) is 0 Å². The van der Waals surface area contributed by atoms with Gasteiger partial charge in [-0.2, -0.15) is 0 Å². The monoisotopic (exact) mass is 621 g/mol. The average Bonchev–Trinajstić information content (AvgIpc) is 2.94. The first-order chi connectivity index (χ1) is 21.0. The lowest BCUT2D eigenvalue weighted by molar-refractivity contribution is -0.159. The number of carbonyl (C=O) groups is 4. The molecule has 0 aliphatic carbocycles. The molecule has 2 N–H and O–H groups in total. The number of hydrogen-bond donors (Lipinski definition) is 2. The Morgan fingerprint density at radius 3 is 2.11 bits per heavy atom. The van der Waals surface area contributed by atoms with Gasteiger partial charge in [-0.05, 0) is 77.6 Å². The van der Waals surface area contributed by atoms with Crippen LogP contribution >= 0.6 is 0 Å². The van der Waals surface area contributed by atoms with E-state index in [0.29, 0.717) is 12.0 Å². The number of carbonyl (C=O) groups excluding carboxylic acids is 4. The Kier molecular flexibility index (Phi) is 13.8. The first-order valence-electron chi connectivity index (χ1n) is 15.6. The van der Waals surface area contributed by atoms with E-state index < -0.39 is 53.2 Å². The van der Waals surface area contributed by atoms with Gasteiger partial charge in [-0.15, -0.1) is 0 Å². The number of rotatable bonds is 14. The van der Waals surface area contributed by atoms with Crippen molar-refractivity contribution < 1.29 is 28.7 Å². The van der Waals surface area contributed by atoms with Gasteiger partial charge in [0, 0.05) is 13.0 Å². The maximum Gasteiger partial charge on any atom is 0.408 e. The van der Waals surface area contributed by atoms with Gasteiger partial charge in [-0.3, -0.25) is 9.59 Å². The standard InChI is InChI=1S/C36H51N3O6/c1-10-12-16-22-39(32(41)25(3)37-34(43)45-36(7,8)9)30(28-21-17-20-26(11-2)23-28)31(40)38-29(33(42)44-35(4,5)6)24-27-18-14-13-15-19-27/h11,13-15,17-21,23,25,29-30H,2,10,12,16,22,24H2,1,3-9H3,(H,37,43)(H,38,40). The van der Waals surface area contributed by atoms with E-state index in [2.05, 4.69) is 17.2 Å². The summed E-state index contributed by atoms with van der Waals surface area (Å²) >= 11 is 0. The fourth-order valence-corrected chi connectivity index (χ4v) is 4.69. The zero-order valence-electron chi connectivity index (χ0n) is 28.1. The van der Waals surface area contributed by atoms with E-state index in [4.69, 9.17) is 9.47 Å². The molecule has 0 aliphatic heterocycles. The molecule has 0 radical (unpaired) electrons. The Balaban J connectivity index is 2.56. The van der Waals surface area contributed by atoms with Gasteiger partial charge in [0.15, 0.2) is 0 Å². The van der Waals surface area contributed by atoms with E-state index in [1.165, 1.54) is 4.90 Å². The van der Waals surface area contributed by atoms with Crippen molar-refractivity contribution in [3.8, 4) is 0 Å². The molecule has 9 heteroatoms. The molecule has 0 saturated carbocycles. The predicted molar refractivity (Wildman–Crippen MR) is 177 cm³/mol. The van der Waals surface area contributed by atoms with Crippen molar-refractivity contribution in [3.63, 3.8) is 0 Å². The van der Waals surface area contributed by atoms with Gasteiger partial charge >= 0.3 is 12.1 Å². The van der Waals surface area contributed by atoms with Gasteiger partial charge in [0.25, 0.3) is 0 Å². The number of amides is 3. The Labute approximate surface area is 268 Å². The molecule has 0 aliphatic rings. The molecular weight excluding hydrogens is 570 g/mol. The zero-order valence-corrected chi connectivity index (χ0v) is 28.1. The number of hydrogen-bond acceptors (Lipinski definition) is 6. The second-order valence-corrected chi connectivity index (χ2v) is 13.2. The highest BCUT2D eigenvalue weighted by Crippen LogP contribution is 2.26. The third-order valence-corrected chi connectivity index (χ3v) is 6.70. The molecule has 0 spiro atoms. The van der Waals surface area contributed by atoms with Crippen molar-refractivity contribution in [2.75, 3.05) is 6.54 Å².